The maximum Gasteiger partial charge on any atom is 0.407 e. The molecule has 7 aliphatic heterocycles. The Hall–Kier alpha value is -3.72. The van der Waals surface area contributed by atoms with Crippen LogP contribution in [-0.2, 0) is 64.4 Å². The number of amidine groups is 1. The molecule has 3 N–H and O–H groups in total. The van der Waals surface area contributed by atoms with E-state index in [0.717, 1.165) is 184 Å². The Morgan fingerprint density at radius 1 is 0.739 bits per heavy atom. The number of rotatable bonds is 6. The third kappa shape index (κ3) is 15.2. The predicted molar refractivity (Wildman–Crippen MR) is 372 cm³/mol. The number of hydrogen-bond donors (Lipinski definition) is 2. The van der Waals surface area contributed by atoms with Crippen molar-refractivity contribution < 1.29 is 40.6 Å². The number of hydrogen-bond acceptors (Lipinski definition) is 19. The number of carbonyl (C=O) groups is 1. The molecule has 5 saturated heterocycles. The minimum atomic E-state index is -3.30. The van der Waals surface area contributed by atoms with Crippen LogP contribution in [0.5, 0.6) is 0 Å². The van der Waals surface area contributed by atoms with Crippen LogP contribution in [0.25, 0.3) is 11.2 Å². The number of nitrogens with two attached hydrogens (primary N) is 1. The van der Waals surface area contributed by atoms with Crippen LogP contribution in [-0.4, -0.2) is 153 Å². The Bertz CT molecular complexity index is 3540. The number of sulfone groups is 2. The first kappa shape index (κ1) is 71.7. The minimum absolute atomic E-state index is 0. The van der Waals surface area contributed by atoms with E-state index in [1.807, 2.05) is 69.0 Å². The van der Waals surface area contributed by atoms with Crippen LogP contribution in [0.15, 0.2) is 63.6 Å². The normalized spacial score (nSPS) is 23.4. The van der Waals surface area contributed by atoms with Gasteiger partial charge in [0.15, 0.2) is 41.1 Å². The Morgan fingerprint density at radius 2 is 1.34 bits per heavy atom. The zero-order chi connectivity index (χ0) is 59.3. The van der Waals surface area contributed by atoms with Gasteiger partial charge in [-0.3, -0.25) is 4.99 Å². The zero-order valence-corrected chi connectivity index (χ0v) is 59.3. The van der Waals surface area contributed by atoms with Crippen molar-refractivity contribution in [3.8, 4) is 0 Å². The van der Waals surface area contributed by atoms with Crippen molar-refractivity contribution in [2.45, 2.75) is 171 Å². The third-order valence-corrected chi connectivity index (χ3v) is 21.4. The molecule has 3 aromatic heterocycles. The summed E-state index contributed by atoms with van der Waals surface area (Å²) in [6, 6.07) is 11.1. The smallest absolute Gasteiger partial charge is 0.407 e. The maximum absolute atomic E-state index is 12.5. The van der Waals surface area contributed by atoms with Gasteiger partial charge in [0.25, 0.3) is 0 Å². The lowest BCUT2D eigenvalue weighted by atomic mass is 9.73. The first-order chi connectivity index (χ1) is 40.0. The van der Waals surface area contributed by atoms with Crippen LogP contribution in [0.2, 0.25) is 0 Å². The molecule has 28 heteroatoms. The summed E-state index contributed by atoms with van der Waals surface area (Å²) in [5.74, 6) is 2.52. The van der Waals surface area contributed by atoms with Gasteiger partial charge < -0.3 is 44.7 Å². The first-order valence-corrected chi connectivity index (χ1v) is 34.7. The molecule has 5 aromatic rings. The topological polar surface area (TPSA) is 252 Å². The van der Waals surface area contributed by atoms with E-state index < -0.39 is 25.3 Å². The minimum Gasteiger partial charge on any atom is -0.444 e. The van der Waals surface area contributed by atoms with Gasteiger partial charge in [0.2, 0.25) is 0 Å². The highest BCUT2D eigenvalue weighted by atomic mass is 127. The number of aryl methyl sites for hydroxylation is 1. The fourth-order valence-electron chi connectivity index (χ4n) is 13.7. The van der Waals surface area contributed by atoms with Crippen molar-refractivity contribution in [3.05, 3.63) is 80.6 Å². The molecule has 8 aliphatic rings. The van der Waals surface area contributed by atoms with Gasteiger partial charge in [0, 0.05) is 74.4 Å². The van der Waals surface area contributed by atoms with E-state index in [1.54, 1.807) is 12.1 Å². The van der Waals surface area contributed by atoms with E-state index in [2.05, 4.69) is 49.5 Å². The molecule has 1 amide bonds. The van der Waals surface area contributed by atoms with Gasteiger partial charge in [-0.2, -0.15) is 59.1 Å². The van der Waals surface area contributed by atoms with Crippen molar-refractivity contribution in [3.63, 3.8) is 0 Å². The summed E-state index contributed by atoms with van der Waals surface area (Å²) in [5.41, 5.74) is 13.2. The SMILES string of the molecule is CS(=O)(=O)c1cccc2c1CCCC2.C[C@@H]1OCC2(CCN(c3cnc4c(I)nn(C5CCCCO5)c4n3)CC2)[C@@H]1NC(=O)OC(C)(C)C.C[C@@H]1OCC2(CCN(c3cnc4c(n3)CN=C4N3CCCc4c3cccc4S(C)(=O)=O)CC2)[C@@H]1N.S.S.S.S. The van der Waals surface area contributed by atoms with Crippen LogP contribution < -0.4 is 25.8 Å². The molecule has 0 bridgehead atoms. The summed E-state index contributed by atoms with van der Waals surface area (Å²) in [5, 5.41) is 7.81. The van der Waals surface area contributed by atoms with Gasteiger partial charge in [-0.15, -0.1) is 0 Å². The van der Waals surface area contributed by atoms with Crippen molar-refractivity contribution in [2.75, 3.05) is 79.8 Å². The average Bonchev–Trinajstić information content (AvgIpc) is 1.55. The number of amides is 1. The Kier molecular flexibility index (Phi) is 23.7. The summed E-state index contributed by atoms with van der Waals surface area (Å²) in [4.78, 5) is 44.4. The summed E-state index contributed by atoms with van der Waals surface area (Å²) < 4.78 is 73.8. The highest BCUT2D eigenvalue weighted by Gasteiger charge is 2.51. The monoisotopic (exact) mass is 1440 g/mol. The number of benzene rings is 2. The number of piperidine rings is 2. The highest BCUT2D eigenvalue weighted by molar-refractivity contribution is 14.1. The van der Waals surface area contributed by atoms with E-state index in [-0.39, 0.29) is 101 Å². The second kappa shape index (κ2) is 29.1. The van der Waals surface area contributed by atoms with E-state index in [4.69, 9.17) is 54.7 Å². The number of aliphatic imine (C=N–C) groups is 1. The van der Waals surface area contributed by atoms with E-state index in [0.29, 0.717) is 22.9 Å². The second-order valence-electron chi connectivity index (χ2n) is 25.2. The number of fused-ring (bicyclic) bond motifs is 4. The zero-order valence-electron chi connectivity index (χ0n) is 51.5. The number of alkyl carbamates (subject to hydrolysis) is 1. The standard InChI is InChI=1S/C25H32N6O3S.C24H35IN6O4.C11H14O2S.4H2S/c1-16-23(26)25(15-34-16)8-11-30(12-9-25)21-14-27-22-18(29-21)13-28-24(22)31-10-4-5-17-19(31)6-3-7-20(17)35(2,32)33;1-15-19(28-22(32)35-23(2,3)4)24(14-34-15)8-10-30(11-9-24)16-13-26-18-20(25)29-31(21(18)27-16)17-7-5-6-12-33-17;1-14(12,13)11-8-4-6-9-5-2-3-7-10(9)11;;;;/h3,6-7,14,16,23H,4-5,8-13,15,26H2,1-2H3;13,15,17,19H,5-12,14H2,1-4H3,(H,28,32);4,6,8H,2-3,5,7H2,1H3;4*1H2/t16-,23+;15-,17?,19+;;;;;/m00...../s1. The number of nitrogens with one attached hydrogen (secondary N) is 1. The molecule has 5 fully saturated rings. The van der Waals surface area contributed by atoms with E-state index >= 15 is 0 Å². The average molecular weight is 1440 g/mol. The molecule has 0 radical (unpaired) electrons. The lowest BCUT2D eigenvalue weighted by molar-refractivity contribution is -0.0372. The lowest BCUT2D eigenvalue weighted by Gasteiger charge is -2.42. The van der Waals surface area contributed by atoms with Gasteiger partial charge in [-0.25, -0.2) is 46.2 Å². The number of nitrogens with zero attached hydrogens (tertiary/aromatic N) is 10. The van der Waals surface area contributed by atoms with Crippen LogP contribution in [0, 0.1) is 14.5 Å². The summed E-state index contributed by atoms with van der Waals surface area (Å²) in [6.07, 6.45) is 18.6. The van der Waals surface area contributed by atoms with Crippen molar-refractivity contribution >= 4 is 137 Å². The number of carbonyl (C=O) groups excluding carboxylic acids is 1. The Balaban J connectivity index is 0.000000199. The van der Waals surface area contributed by atoms with Gasteiger partial charge in [-0.1, -0.05) is 18.2 Å². The fraction of sp³-hybridized carbons (Fsp3) is 0.617. The second-order valence-corrected chi connectivity index (χ2v) is 30.1. The molecule has 2 spiro atoms. The van der Waals surface area contributed by atoms with Crippen LogP contribution in [0.3, 0.4) is 0 Å². The van der Waals surface area contributed by atoms with E-state index in [9.17, 15) is 21.6 Å². The van der Waals surface area contributed by atoms with Crippen molar-refractivity contribution in [1.82, 2.24) is 35.0 Å². The van der Waals surface area contributed by atoms with E-state index in [1.165, 1.54) is 24.5 Å². The summed E-state index contributed by atoms with van der Waals surface area (Å²) in [7, 11) is -6.34. The number of halogens is 1. The summed E-state index contributed by atoms with van der Waals surface area (Å²) >= 11 is 2.22. The van der Waals surface area contributed by atoms with Gasteiger partial charge >= 0.3 is 6.09 Å². The first-order valence-electron chi connectivity index (χ1n) is 29.8. The fourth-order valence-corrected chi connectivity index (χ4v) is 16.3. The van der Waals surface area contributed by atoms with Crippen molar-refractivity contribution in [2.24, 2.45) is 21.6 Å². The summed E-state index contributed by atoms with van der Waals surface area (Å²) in [6.45, 7) is 16.5. The van der Waals surface area contributed by atoms with Crippen LogP contribution in [0.4, 0.5) is 22.1 Å². The molecule has 2 aromatic carbocycles. The number of anilines is 3. The molecule has 21 nitrogen and oxygen atoms in total. The molecular weight excluding hydrogens is 1350 g/mol. The Labute approximate surface area is 560 Å². The van der Waals surface area contributed by atoms with Gasteiger partial charge in [0.1, 0.15) is 28.4 Å². The van der Waals surface area contributed by atoms with Gasteiger partial charge in [-0.05, 0) is 176 Å². The molecule has 1 unspecified atom stereocenters. The van der Waals surface area contributed by atoms with Crippen molar-refractivity contribution in [1.29, 1.82) is 0 Å². The molecule has 13 rings (SSSR count). The number of ether oxygens (including phenoxy) is 4. The Morgan fingerprint density at radius 3 is 1.98 bits per heavy atom. The molecule has 486 valence electrons. The highest BCUT2D eigenvalue weighted by Crippen LogP contribution is 2.45. The molecule has 0 saturated carbocycles. The van der Waals surface area contributed by atoms with Crippen LogP contribution in [0.1, 0.15) is 133 Å². The molecule has 5 atom stereocenters. The van der Waals surface area contributed by atoms with Gasteiger partial charge in [0.05, 0.1) is 65.9 Å². The number of aromatic nitrogens is 6. The predicted octanol–water partition coefficient (Wildman–Crippen LogP) is 8.37. The lowest BCUT2D eigenvalue weighted by Crippen LogP contribution is -2.55. The largest absolute Gasteiger partial charge is 0.444 e. The quantitative estimate of drug-likeness (QED) is 0.151. The molecule has 1 aliphatic carbocycles. The third-order valence-electron chi connectivity index (χ3n) is 18.3. The maximum atomic E-state index is 12.5. The molecule has 88 heavy (non-hydrogen) atoms. The van der Waals surface area contributed by atoms with Crippen LogP contribution >= 0.6 is 76.6 Å². The molecular formula is C60H89IN12O9S6. The molecule has 10 heterocycles.